The van der Waals surface area contributed by atoms with E-state index in [2.05, 4.69) is 6.58 Å². The maximum absolute atomic E-state index is 12.7. The number of hydrogen-bond acceptors (Lipinski definition) is 6. The zero-order valence-corrected chi connectivity index (χ0v) is 14.1. The summed E-state index contributed by atoms with van der Waals surface area (Å²) < 4.78 is 10.2. The Morgan fingerprint density at radius 2 is 1.92 bits per heavy atom. The molecule has 0 aromatic rings. The van der Waals surface area contributed by atoms with Gasteiger partial charge in [-0.1, -0.05) is 6.58 Å². The van der Waals surface area contributed by atoms with E-state index in [1.54, 1.807) is 0 Å². The van der Waals surface area contributed by atoms with Crippen molar-refractivity contribution in [2.24, 2.45) is 17.3 Å². The first-order valence-corrected chi connectivity index (χ1v) is 8.63. The normalized spacial score (nSPS) is 39.1. The smallest absolute Gasteiger partial charge is 0.332 e. The third-order valence-corrected chi connectivity index (χ3v) is 5.75. The topological polar surface area (TPSA) is 93.1 Å². The van der Waals surface area contributed by atoms with E-state index in [0.29, 0.717) is 18.3 Å². The maximum Gasteiger partial charge on any atom is 0.332 e. The molecule has 4 saturated carbocycles. The summed E-state index contributed by atoms with van der Waals surface area (Å²) >= 11 is 0. The highest BCUT2D eigenvalue weighted by Crippen LogP contribution is 2.61. The Balaban J connectivity index is 1.56. The molecule has 2 N–H and O–H groups in total. The Kier molecular flexibility index (Phi) is 4.24. The number of esters is 2. The van der Waals surface area contributed by atoms with Crippen molar-refractivity contribution >= 4 is 11.9 Å². The highest BCUT2D eigenvalue weighted by Gasteiger charge is 2.60. The first-order chi connectivity index (χ1) is 11.2. The molecule has 0 spiro atoms. The van der Waals surface area contributed by atoms with Gasteiger partial charge in [-0.05, 0) is 50.4 Å². The van der Waals surface area contributed by atoms with Crippen molar-refractivity contribution in [2.45, 2.75) is 63.3 Å². The monoisotopic (exact) mass is 338 g/mol. The molecule has 6 nitrogen and oxygen atoms in total. The Hall–Kier alpha value is -1.40. The molecular weight excluding hydrogens is 312 g/mol. The SMILES string of the molecule is C=CC(=O)OC(C)(O)CCOC(=O)C12CC3CC(CC(O)(C3)C1)C2. The number of ether oxygens (including phenoxy) is 2. The quantitative estimate of drug-likeness (QED) is 0.435. The maximum atomic E-state index is 12.7. The lowest BCUT2D eigenvalue weighted by Gasteiger charge is -2.58. The average Bonchev–Trinajstić information content (AvgIpc) is 2.43. The molecule has 4 fully saturated rings. The van der Waals surface area contributed by atoms with Gasteiger partial charge in [-0.3, -0.25) is 4.79 Å². The summed E-state index contributed by atoms with van der Waals surface area (Å²) in [5.41, 5.74) is -1.30. The number of carbonyl (C=O) groups excluding carboxylic acids is 2. The highest BCUT2D eigenvalue weighted by molar-refractivity contribution is 5.81. The van der Waals surface area contributed by atoms with Gasteiger partial charge in [0.05, 0.1) is 17.6 Å². The Morgan fingerprint density at radius 3 is 2.46 bits per heavy atom. The molecule has 0 aromatic heterocycles. The molecule has 0 aromatic carbocycles. The van der Waals surface area contributed by atoms with E-state index >= 15 is 0 Å². The fourth-order valence-electron chi connectivity index (χ4n) is 5.25. The molecule has 24 heavy (non-hydrogen) atoms. The number of carbonyl (C=O) groups is 2. The molecule has 4 aliphatic rings. The van der Waals surface area contributed by atoms with Crippen molar-refractivity contribution in [3.05, 3.63) is 12.7 Å². The van der Waals surface area contributed by atoms with Crippen molar-refractivity contribution in [2.75, 3.05) is 6.61 Å². The lowest BCUT2D eigenvalue weighted by molar-refractivity contribution is -0.209. The van der Waals surface area contributed by atoms with Crippen molar-refractivity contribution in [3.8, 4) is 0 Å². The molecule has 0 heterocycles. The van der Waals surface area contributed by atoms with E-state index in [0.717, 1.165) is 38.2 Å². The van der Waals surface area contributed by atoms with Crippen LogP contribution in [0.5, 0.6) is 0 Å². The average molecular weight is 338 g/mol. The van der Waals surface area contributed by atoms with Crippen LogP contribution in [0.2, 0.25) is 0 Å². The van der Waals surface area contributed by atoms with Crippen molar-refractivity contribution < 1.29 is 29.3 Å². The van der Waals surface area contributed by atoms with E-state index in [1.807, 2.05) is 0 Å². The molecule has 0 amide bonds. The van der Waals surface area contributed by atoms with Gasteiger partial charge in [-0.2, -0.15) is 0 Å². The lowest BCUT2D eigenvalue weighted by atomic mass is 9.48. The molecule has 0 aliphatic heterocycles. The Morgan fingerprint density at radius 1 is 1.29 bits per heavy atom. The Bertz CT molecular complexity index is 538. The van der Waals surface area contributed by atoms with Crippen LogP contribution in [0, 0.1) is 17.3 Å². The second-order valence-electron chi connectivity index (χ2n) is 8.15. The summed E-state index contributed by atoms with van der Waals surface area (Å²) in [6.45, 7) is 4.58. The summed E-state index contributed by atoms with van der Waals surface area (Å²) in [4.78, 5) is 23.8. The molecule has 0 saturated heterocycles. The van der Waals surface area contributed by atoms with Gasteiger partial charge in [-0.25, -0.2) is 4.79 Å². The van der Waals surface area contributed by atoms with Gasteiger partial charge < -0.3 is 19.7 Å². The largest absolute Gasteiger partial charge is 0.465 e. The molecule has 134 valence electrons. The summed E-state index contributed by atoms with van der Waals surface area (Å²) in [6, 6.07) is 0. The standard InChI is InChI=1S/C18H26O6/c1-3-14(19)24-16(2,21)4-5-23-15(20)17-7-12-6-13(8-17)10-18(22,9-12)11-17/h3,12-13,21-22H,1,4-11H2,2H3. The molecule has 4 aliphatic carbocycles. The van der Waals surface area contributed by atoms with E-state index in [1.165, 1.54) is 6.92 Å². The van der Waals surface area contributed by atoms with Crippen LogP contribution in [0.4, 0.5) is 0 Å². The highest BCUT2D eigenvalue weighted by atomic mass is 16.7. The Labute approximate surface area is 141 Å². The van der Waals surface area contributed by atoms with Gasteiger partial charge in [-0.15, -0.1) is 0 Å². The predicted molar refractivity (Wildman–Crippen MR) is 84.6 cm³/mol. The molecule has 6 heteroatoms. The zero-order valence-electron chi connectivity index (χ0n) is 14.1. The third kappa shape index (κ3) is 3.35. The molecular formula is C18H26O6. The van der Waals surface area contributed by atoms with Crippen LogP contribution >= 0.6 is 0 Å². The number of aliphatic hydroxyl groups is 2. The summed E-state index contributed by atoms with van der Waals surface area (Å²) in [5, 5.41) is 20.7. The van der Waals surface area contributed by atoms with Gasteiger partial charge in [0.25, 0.3) is 0 Å². The summed E-state index contributed by atoms with van der Waals surface area (Å²) in [5.74, 6) is -1.91. The summed E-state index contributed by atoms with van der Waals surface area (Å²) in [6.07, 6.45) is 5.70. The van der Waals surface area contributed by atoms with Gasteiger partial charge >= 0.3 is 11.9 Å². The molecule has 3 unspecified atom stereocenters. The van der Waals surface area contributed by atoms with E-state index in [9.17, 15) is 19.8 Å². The molecule has 0 radical (unpaired) electrons. The van der Waals surface area contributed by atoms with Crippen LogP contribution in [0.1, 0.15) is 51.9 Å². The van der Waals surface area contributed by atoms with Crippen molar-refractivity contribution in [3.63, 3.8) is 0 Å². The minimum Gasteiger partial charge on any atom is -0.465 e. The van der Waals surface area contributed by atoms with Crippen LogP contribution in [0.25, 0.3) is 0 Å². The second-order valence-corrected chi connectivity index (χ2v) is 8.15. The molecule has 4 rings (SSSR count). The van der Waals surface area contributed by atoms with Gasteiger partial charge in [0.1, 0.15) is 0 Å². The first-order valence-electron chi connectivity index (χ1n) is 8.63. The van der Waals surface area contributed by atoms with Crippen molar-refractivity contribution in [1.82, 2.24) is 0 Å². The summed E-state index contributed by atoms with van der Waals surface area (Å²) in [7, 11) is 0. The third-order valence-electron chi connectivity index (χ3n) is 5.75. The van der Waals surface area contributed by atoms with E-state index < -0.39 is 22.8 Å². The number of rotatable bonds is 6. The molecule has 4 bridgehead atoms. The predicted octanol–water partition coefficient (Wildman–Crippen LogP) is 1.69. The van der Waals surface area contributed by atoms with Crippen molar-refractivity contribution in [1.29, 1.82) is 0 Å². The minimum absolute atomic E-state index is 0.00841. The minimum atomic E-state index is -1.70. The van der Waals surface area contributed by atoms with E-state index in [-0.39, 0.29) is 19.0 Å². The first kappa shape index (κ1) is 17.4. The van der Waals surface area contributed by atoms with Crippen LogP contribution in [0.15, 0.2) is 12.7 Å². The fraction of sp³-hybridized carbons (Fsp3) is 0.778. The zero-order chi connectivity index (χ0) is 17.6. The second kappa shape index (κ2) is 5.85. The molecule has 3 atom stereocenters. The number of hydrogen-bond donors (Lipinski definition) is 2. The van der Waals surface area contributed by atoms with Gasteiger partial charge in [0.15, 0.2) is 0 Å². The fourth-order valence-corrected chi connectivity index (χ4v) is 5.25. The van der Waals surface area contributed by atoms with Gasteiger partial charge in [0, 0.05) is 19.4 Å². The van der Waals surface area contributed by atoms with Crippen LogP contribution in [-0.2, 0) is 19.1 Å². The van der Waals surface area contributed by atoms with Crippen LogP contribution < -0.4 is 0 Å². The van der Waals surface area contributed by atoms with E-state index in [4.69, 9.17) is 9.47 Å². The lowest BCUT2D eigenvalue weighted by Crippen LogP contribution is -2.58. The van der Waals surface area contributed by atoms with Gasteiger partial charge in [0.2, 0.25) is 5.79 Å². The van der Waals surface area contributed by atoms with Crippen LogP contribution in [-0.4, -0.2) is 40.1 Å². The van der Waals surface area contributed by atoms with Crippen LogP contribution in [0.3, 0.4) is 0 Å².